The van der Waals surface area contributed by atoms with Gasteiger partial charge in [0.05, 0.1) is 12.0 Å². The predicted octanol–water partition coefficient (Wildman–Crippen LogP) is 2.67. The highest BCUT2D eigenvalue weighted by Crippen LogP contribution is 2.17. The largest absolute Gasteiger partial charge is 0.486 e. The second-order valence-electron chi connectivity index (χ2n) is 3.69. The number of hydrogen-bond acceptors (Lipinski definition) is 6. The first-order valence-corrected chi connectivity index (χ1v) is 5.71. The molecule has 1 aromatic carbocycles. The van der Waals surface area contributed by atoms with Gasteiger partial charge in [0.1, 0.15) is 30.3 Å². The molecule has 0 aliphatic carbocycles. The first-order chi connectivity index (χ1) is 9.81. The molecule has 0 radical (unpaired) electrons. The highest BCUT2D eigenvalue weighted by molar-refractivity contribution is 6.10. The van der Waals surface area contributed by atoms with Gasteiger partial charge in [-0.3, -0.25) is 5.43 Å². The maximum Gasteiger partial charge on any atom is 0.237 e. The zero-order valence-corrected chi connectivity index (χ0v) is 10.4. The number of ether oxygens (including phenoxy) is 1. The molecule has 1 N–H and O–H groups in total. The quantitative estimate of drug-likeness (QED) is 0.663. The zero-order valence-electron chi connectivity index (χ0n) is 10.4. The Labute approximate surface area is 115 Å². The standard InChI is InChI=1S/C14H10N4O2/c15-8-12(9-16)18-17-11-3-5-13(6-4-11)20-10-14-2-1-7-19-14/h1-7,17H,10H2. The maximum atomic E-state index is 8.54. The monoisotopic (exact) mass is 266 g/mol. The minimum absolute atomic E-state index is 0.233. The van der Waals surface area contributed by atoms with Crippen LogP contribution in [0.15, 0.2) is 52.2 Å². The fourth-order valence-electron chi connectivity index (χ4n) is 1.37. The second kappa shape index (κ2) is 6.62. The fourth-order valence-corrected chi connectivity index (χ4v) is 1.37. The van der Waals surface area contributed by atoms with E-state index in [1.165, 1.54) is 0 Å². The molecule has 2 rings (SSSR count). The van der Waals surface area contributed by atoms with E-state index in [1.54, 1.807) is 48.7 Å². The second-order valence-corrected chi connectivity index (χ2v) is 3.69. The summed E-state index contributed by atoms with van der Waals surface area (Å²) in [5.74, 6) is 1.42. The van der Waals surface area contributed by atoms with Crippen LogP contribution in [0.1, 0.15) is 5.76 Å². The first-order valence-electron chi connectivity index (χ1n) is 5.71. The molecule has 0 saturated heterocycles. The van der Waals surface area contributed by atoms with E-state index in [0.29, 0.717) is 18.0 Å². The van der Waals surface area contributed by atoms with Crippen molar-refractivity contribution in [3.05, 3.63) is 48.4 Å². The molecule has 20 heavy (non-hydrogen) atoms. The van der Waals surface area contributed by atoms with Gasteiger partial charge in [0.15, 0.2) is 0 Å². The summed E-state index contributed by atoms with van der Waals surface area (Å²) >= 11 is 0. The number of benzene rings is 1. The average Bonchev–Trinajstić information content (AvgIpc) is 3.01. The van der Waals surface area contributed by atoms with Crippen LogP contribution < -0.4 is 10.2 Å². The molecule has 0 saturated carbocycles. The first kappa shape index (κ1) is 13.2. The Kier molecular flexibility index (Phi) is 4.37. The summed E-state index contributed by atoms with van der Waals surface area (Å²) in [6, 6.07) is 13.9. The van der Waals surface area contributed by atoms with E-state index in [0.717, 1.165) is 5.76 Å². The molecule has 98 valence electrons. The van der Waals surface area contributed by atoms with Crippen LogP contribution in [0.4, 0.5) is 5.69 Å². The van der Waals surface area contributed by atoms with Crippen LogP contribution in [0.25, 0.3) is 0 Å². The van der Waals surface area contributed by atoms with Crippen LogP contribution in [0.2, 0.25) is 0 Å². The van der Waals surface area contributed by atoms with Gasteiger partial charge in [-0.2, -0.15) is 15.6 Å². The summed E-state index contributed by atoms with van der Waals surface area (Å²) in [5.41, 5.74) is 3.03. The Balaban J connectivity index is 1.92. The lowest BCUT2D eigenvalue weighted by Crippen LogP contribution is -1.97. The van der Waals surface area contributed by atoms with Crippen LogP contribution in [0, 0.1) is 22.7 Å². The summed E-state index contributed by atoms with van der Waals surface area (Å²) in [5, 5.41) is 20.7. The maximum absolute atomic E-state index is 8.54. The highest BCUT2D eigenvalue weighted by atomic mass is 16.5. The Hall–Kier alpha value is -3.25. The molecule has 6 nitrogen and oxygen atoms in total. The molecule has 2 aromatic rings. The lowest BCUT2D eigenvalue weighted by molar-refractivity contribution is 0.270. The minimum atomic E-state index is -0.233. The molecular formula is C14H10N4O2. The number of nitrogens with zero attached hydrogens (tertiary/aromatic N) is 3. The van der Waals surface area contributed by atoms with Crippen molar-refractivity contribution in [1.29, 1.82) is 10.5 Å². The van der Waals surface area contributed by atoms with Crippen molar-refractivity contribution in [2.45, 2.75) is 6.61 Å². The van der Waals surface area contributed by atoms with Crippen LogP contribution in [-0.2, 0) is 6.61 Å². The third-order valence-corrected chi connectivity index (χ3v) is 2.32. The molecular weight excluding hydrogens is 256 g/mol. The van der Waals surface area contributed by atoms with Crippen molar-refractivity contribution in [2.24, 2.45) is 5.10 Å². The molecule has 0 unspecified atom stereocenters. The SMILES string of the molecule is N#CC(C#N)=NNc1ccc(OCc2ccco2)cc1. The fraction of sp³-hybridized carbons (Fsp3) is 0.0714. The van der Waals surface area contributed by atoms with E-state index in [9.17, 15) is 0 Å². The van der Waals surface area contributed by atoms with E-state index in [2.05, 4.69) is 10.5 Å². The van der Waals surface area contributed by atoms with Crippen molar-refractivity contribution in [3.8, 4) is 17.9 Å². The number of nitriles is 2. The number of hydrazone groups is 1. The lowest BCUT2D eigenvalue weighted by Gasteiger charge is -2.05. The smallest absolute Gasteiger partial charge is 0.237 e. The molecule has 0 fully saturated rings. The van der Waals surface area contributed by atoms with E-state index < -0.39 is 0 Å². The molecule has 0 aliphatic heterocycles. The van der Waals surface area contributed by atoms with Gasteiger partial charge >= 0.3 is 0 Å². The molecule has 6 heteroatoms. The molecule has 0 aliphatic rings. The third-order valence-electron chi connectivity index (χ3n) is 2.32. The number of hydrogen-bond donors (Lipinski definition) is 1. The van der Waals surface area contributed by atoms with Crippen LogP contribution in [-0.4, -0.2) is 5.71 Å². The third kappa shape index (κ3) is 3.62. The van der Waals surface area contributed by atoms with Crippen LogP contribution in [0.5, 0.6) is 5.75 Å². The van der Waals surface area contributed by atoms with Gasteiger partial charge in [-0.15, -0.1) is 0 Å². The van der Waals surface area contributed by atoms with E-state index in [4.69, 9.17) is 19.7 Å². The van der Waals surface area contributed by atoms with Crippen LogP contribution in [0.3, 0.4) is 0 Å². The van der Waals surface area contributed by atoms with E-state index in [1.807, 2.05) is 6.07 Å². The van der Waals surface area contributed by atoms with Gasteiger partial charge in [0.25, 0.3) is 0 Å². The normalized spacial score (nSPS) is 9.10. The minimum Gasteiger partial charge on any atom is -0.486 e. The topological polar surface area (TPSA) is 94.3 Å². The van der Waals surface area contributed by atoms with Gasteiger partial charge in [-0.25, -0.2) is 0 Å². The number of nitrogens with one attached hydrogen (secondary N) is 1. The van der Waals surface area contributed by atoms with Crippen molar-refractivity contribution in [3.63, 3.8) is 0 Å². The van der Waals surface area contributed by atoms with Crippen molar-refractivity contribution in [2.75, 3.05) is 5.43 Å². The lowest BCUT2D eigenvalue weighted by atomic mass is 10.3. The predicted molar refractivity (Wildman–Crippen MR) is 71.8 cm³/mol. The summed E-state index contributed by atoms with van der Waals surface area (Å²) in [4.78, 5) is 0. The highest BCUT2D eigenvalue weighted by Gasteiger charge is 1.99. The Morgan fingerprint density at radius 1 is 1.20 bits per heavy atom. The summed E-state index contributed by atoms with van der Waals surface area (Å²) in [6.45, 7) is 0.352. The number of rotatable bonds is 5. The van der Waals surface area contributed by atoms with E-state index >= 15 is 0 Å². The summed E-state index contributed by atoms with van der Waals surface area (Å²) in [7, 11) is 0. The molecule has 1 heterocycles. The van der Waals surface area contributed by atoms with Crippen molar-refractivity contribution >= 4 is 11.4 Å². The molecule has 0 spiro atoms. The zero-order chi connectivity index (χ0) is 14.2. The summed E-state index contributed by atoms with van der Waals surface area (Å²) in [6.07, 6.45) is 1.59. The number of furan rings is 1. The molecule has 0 bridgehead atoms. The van der Waals surface area contributed by atoms with Gasteiger partial charge in [-0.1, -0.05) is 0 Å². The molecule has 0 amide bonds. The van der Waals surface area contributed by atoms with Gasteiger partial charge in [0.2, 0.25) is 5.71 Å². The van der Waals surface area contributed by atoms with Gasteiger partial charge < -0.3 is 9.15 Å². The average molecular weight is 266 g/mol. The molecule has 1 aromatic heterocycles. The van der Waals surface area contributed by atoms with Gasteiger partial charge in [-0.05, 0) is 36.4 Å². The Bertz CT molecular complexity index is 645. The van der Waals surface area contributed by atoms with Crippen molar-refractivity contribution < 1.29 is 9.15 Å². The van der Waals surface area contributed by atoms with Crippen LogP contribution >= 0.6 is 0 Å². The Morgan fingerprint density at radius 3 is 2.55 bits per heavy atom. The van der Waals surface area contributed by atoms with Gasteiger partial charge in [0, 0.05) is 0 Å². The summed E-state index contributed by atoms with van der Waals surface area (Å²) < 4.78 is 10.7. The van der Waals surface area contributed by atoms with E-state index in [-0.39, 0.29) is 5.71 Å². The Morgan fingerprint density at radius 2 is 1.95 bits per heavy atom. The number of anilines is 1. The molecule has 0 atom stereocenters. The van der Waals surface area contributed by atoms with Crippen molar-refractivity contribution in [1.82, 2.24) is 0 Å².